The van der Waals surface area contributed by atoms with Crippen LogP contribution in [0.4, 0.5) is 0 Å². The zero-order chi connectivity index (χ0) is 27.4. The molecule has 0 unspecified atom stereocenters. The molecule has 1 N–H and O–H groups in total. The van der Waals surface area contributed by atoms with Crippen LogP contribution in [0.5, 0.6) is 17.2 Å². The first-order valence-corrected chi connectivity index (χ1v) is 15.0. The van der Waals surface area contributed by atoms with Gasteiger partial charge in [-0.15, -0.1) is 11.3 Å². The van der Waals surface area contributed by atoms with Gasteiger partial charge in [0, 0.05) is 16.9 Å². The molecule has 0 saturated heterocycles. The fourth-order valence-corrected chi connectivity index (χ4v) is 6.57. The highest BCUT2D eigenvalue weighted by Crippen LogP contribution is 2.37. The van der Waals surface area contributed by atoms with Crippen LogP contribution in [-0.2, 0) is 12.8 Å². The molecule has 7 heteroatoms. The number of aromatic amines is 1. The lowest BCUT2D eigenvalue weighted by molar-refractivity contribution is 0.234. The molecule has 0 radical (unpaired) electrons. The Morgan fingerprint density at radius 3 is 2.64 bits per heavy atom. The Kier molecular flexibility index (Phi) is 8.56. The fraction of sp³-hybridized carbons (Fsp3) is 0.438. The van der Waals surface area contributed by atoms with Gasteiger partial charge in [0.25, 0.3) is 5.56 Å². The van der Waals surface area contributed by atoms with Crippen LogP contribution in [0.15, 0.2) is 47.3 Å². The quantitative estimate of drug-likeness (QED) is 0.197. The minimum Gasteiger partial charge on any atom is -0.493 e. The number of benzene rings is 2. The summed E-state index contributed by atoms with van der Waals surface area (Å²) < 4.78 is 18.1. The molecule has 4 aromatic rings. The zero-order valence-corrected chi connectivity index (χ0v) is 24.2. The number of rotatable bonds is 11. The normalized spacial score (nSPS) is 15.6. The van der Waals surface area contributed by atoms with Crippen LogP contribution < -0.4 is 19.8 Å². The number of aryl methyl sites for hydroxylation is 1. The van der Waals surface area contributed by atoms with E-state index >= 15 is 0 Å². The van der Waals surface area contributed by atoms with Gasteiger partial charge in [0.05, 0.1) is 25.2 Å². The molecule has 2 aromatic carbocycles. The number of aromatic nitrogens is 2. The third-order valence-electron chi connectivity index (χ3n) is 7.55. The number of nitrogens with one attached hydrogen (secondary N) is 1. The Bertz CT molecular complexity index is 1490. The molecule has 1 aliphatic carbocycles. The molecule has 1 aliphatic rings. The number of hydrogen-bond donors (Lipinski definition) is 1. The number of fused-ring (bicyclic) bond motifs is 3. The highest BCUT2D eigenvalue weighted by atomic mass is 32.1. The molecular formula is C32H38N2O4S. The third kappa shape index (κ3) is 5.98. The predicted molar refractivity (Wildman–Crippen MR) is 159 cm³/mol. The van der Waals surface area contributed by atoms with Gasteiger partial charge in [0.15, 0.2) is 11.5 Å². The number of H-pyrrole nitrogens is 1. The van der Waals surface area contributed by atoms with E-state index in [0.717, 1.165) is 53.6 Å². The molecule has 0 aliphatic heterocycles. The summed E-state index contributed by atoms with van der Waals surface area (Å²) in [6.45, 7) is 10.2. The van der Waals surface area contributed by atoms with Crippen LogP contribution in [0, 0.1) is 5.92 Å². The Balaban J connectivity index is 1.27. The SMILES string of the molecule is CCOc1cc(-c2nc3sc4c(c3c(=O)[nH]2)CC[C@@H](C)C4)ccc1OCCCOc1ccccc1[C@H](C)CC. The van der Waals surface area contributed by atoms with Crippen molar-refractivity contribution in [3.63, 3.8) is 0 Å². The molecular weight excluding hydrogens is 508 g/mol. The maximum atomic E-state index is 13.1. The van der Waals surface area contributed by atoms with Crippen molar-refractivity contribution in [2.45, 2.75) is 65.7 Å². The highest BCUT2D eigenvalue weighted by Gasteiger charge is 2.23. The lowest BCUT2D eigenvalue weighted by atomic mass is 9.89. The van der Waals surface area contributed by atoms with E-state index in [9.17, 15) is 4.79 Å². The number of nitrogens with zero attached hydrogens (tertiary/aromatic N) is 1. The Morgan fingerprint density at radius 2 is 1.85 bits per heavy atom. The molecule has 206 valence electrons. The number of para-hydroxylation sites is 1. The van der Waals surface area contributed by atoms with Crippen molar-refractivity contribution in [1.82, 2.24) is 9.97 Å². The van der Waals surface area contributed by atoms with Crippen molar-refractivity contribution in [1.29, 1.82) is 0 Å². The van der Waals surface area contributed by atoms with E-state index in [1.54, 1.807) is 11.3 Å². The summed E-state index contributed by atoms with van der Waals surface area (Å²) >= 11 is 1.66. The molecule has 6 nitrogen and oxygen atoms in total. The number of hydrogen-bond acceptors (Lipinski definition) is 6. The first-order chi connectivity index (χ1) is 19.0. The summed E-state index contributed by atoms with van der Waals surface area (Å²) in [5.74, 6) is 3.93. The largest absolute Gasteiger partial charge is 0.493 e. The van der Waals surface area contributed by atoms with E-state index in [1.807, 2.05) is 37.3 Å². The summed E-state index contributed by atoms with van der Waals surface area (Å²) in [4.78, 5) is 23.1. The molecule has 2 atom stereocenters. The molecule has 2 heterocycles. The molecule has 0 bridgehead atoms. The monoisotopic (exact) mass is 546 g/mol. The molecule has 0 saturated carbocycles. The second-order valence-corrected chi connectivity index (χ2v) is 11.5. The summed E-state index contributed by atoms with van der Waals surface area (Å²) in [7, 11) is 0. The van der Waals surface area contributed by atoms with Crippen molar-refractivity contribution in [2.75, 3.05) is 19.8 Å². The van der Waals surface area contributed by atoms with Crippen molar-refractivity contribution < 1.29 is 14.2 Å². The van der Waals surface area contributed by atoms with Crippen molar-refractivity contribution >= 4 is 21.6 Å². The van der Waals surface area contributed by atoms with Crippen molar-refractivity contribution in [3.8, 4) is 28.6 Å². The summed E-state index contributed by atoms with van der Waals surface area (Å²) in [6.07, 6.45) is 4.93. The molecule has 0 amide bonds. The van der Waals surface area contributed by atoms with Crippen LogP contribution in [0.2, 0.25) is 0 Å². The average Bonchev–Trinajstić information content (AvgIpc) is 3.31. The second kappa shape index (κ2) is 12.2. The highest BCUT2D eigenvalue weighted by molar-refractivity contribution is 7.18. The standard InChI is InChI=1S/C32H38N2O4S/c1-5-21(4)23-10-7-8-11-25(23)37-16-9-17-38-26-15-13-22(19-27(26)36-6-2)30-33-31(35)29-24-14-12-20(3)18-28(24)39-32(29)34-30/h7-8,10-11,13,15,19-21H,5-6,9,12,14,16-18H2,1-4H3,(H,33,34,35)/t20-,21-/m1/s1. The summed E-state index contributed by atoms with van der Waals surface area (Å²) in [5.41, 5.74) is 3.18. The molecule has 2 aromatic heterocycles. The van der Waals surface area contributed by atoms with Gasteiger partial charge in [-0.3, -0.25) is 4.79 Å². The zero-order valence-electron chi connectivity index (χ0n) is 23.3. The van der Waals surface area contributed by atoms with Gasteiger partial charge in [-0.1, -0.05) is 39.0 Å². The third-order valence-corrected chi connectivity index (χ3v) is 8.70. The van der Waals surface area contributed by atoms with Gasteiger partial charge in [-0.2, -0.15) is 0 Å². The number of thiophene rings is 1. The smallest absolute Gasteiger partial charge is 0.260 e. The van der Waals surface area contributed by atoms with Gasteiger partial charge in [-0.05, 0) is 79.8 Å². The lowest BCUT2D eigenvalue weighted by Gasteiger charge is -2.17. The van der Waals surface area contributed by atoms with E-state index in [-0.39, 0.29) is 5.56 Å². The lowest BCUT2D eigenvalue weighted by Crippen LogP contribution is -2.13. The van der Waals surface area contributed by atoms with Gasteiger partial charge in [0.2, 0.25) is 0 Å². The Morgan fingerprint density at radius 1 is 1.05 bits per heavy atom. The number of ether oxygens (including phenoxy) is 3. The maximum absolute atomic E-state index is 13.1. The predicted octanol–water partition coefficient (Wildman–Crippen LogP) is 7.54. The van der Waals surface area contributed by atoms with Crippen LogP contribution in [0.3, 0.4) is 0 Å². The van der Waals surface area contributed by atoms with Gasteiger partial charge in [-0.25, -0.2) is 4.98 Å². The molecule has 0 spiro atoms. The van der Waals surface area contributed by atoms with Crippen LogP contribution in [0.1, 0.15) is 68.9 Å². The van der Waals surface area contributed by atoms with E-state index in [0.29, 0.717) is 49.0 Å². The van der Waals surface area contributed by atoms with Crippen LogP contribution in [0.25, 0.3) is 21.6 Å². The fourth-order valence-electron chi connectivity index (χ4n) is 5.19. The van der Waals surface area contributed by atoms with E-state index in [2.05, 4.69) is 37.9 Å². The minimum atomic E-state index is -0.0600. The molecule has 0 fully saturated rings. The Hall–Kier alpha value is -3.32. The van der Waals surface area contributed by atoms with Gasteiger partial charge in [0.1, 0.15) is 16.4 Å². The van der Waals surface area contributed by atoms with Gasteiger partial charge >= 0.3 is 0 Å². The van der Waals surface area contributed by atoms with E-state index in [4.69, 9.17) is 19.2 Å². The van der Waals surface area contributed by atoms with Crippen LogP contribution in [-0.4, -0.2) is 29.8 Å². The average molecular weight is 547 g/mol. The van der Waals surface area contributed by atoms with E-state index < -0.39 is 0 Å². The first kappa shape index (κ1) is 27.3. The summed E-state index contributed by atoms with van der Waals surface area (Å²) in [6, 6.07) is 14.0. The first-order valence-electron chi connectivity index (χ1n) is 14.1. The topological polar surface area (TPSA) is 73.4 Å². The Labute approximate surface area is 234 Å². The molecule has 5 rings (SSSR count). The second-order valence-electron chi connectivity index (χ2n) is 10.4. The van der Waals surface area contributed by atoms with Crippen LogP contribution >= 0.6 is 11.3 Å². The summed E-state index contributed by atoms with van der Waals surface area (Å²) in [5, 5.41) is 0.768. The minimum absolute atomic E-state index is 0.0600. The van der Waals surface area contributed by atoms with Gasteiger partial charge < -0.3 is 19.2 Å². The maximum Gasteiger partial charge on any atom is 0.260 e. The van der Waals surface area contributed by atoms with Crippen molar-refractivity contribution in [2.24, 2.45) is 5.92 Å². The van der Waals surface area contributed by atoms with E-state index in [1.165, 1.54) is 16.0 Å². The molecule has 39 heavy (non-hydrogen) atoms. The van der Waals surface area contributed by atoms with Crippen molar-refractivity contribution in [3.05, 3.63) is 68.8 Å².